The SMILES string of the molecule is CCCCn1c(Cl)c(C(C)=O)c2cccc(CC)c21. The minimum absolute atomic E-state index is 0.0403. The van der Waals surface area contributed by atoms with Gasteiger partial charge in [-0.2, -0.15) is 0 Å². The molecule has 0 bridgehead atoms. The lowest BCUT2D eigenvalue weighted by atomic mass is 10.1. The van der Waals surface area contributed by atoms with Crippen LogP contribution in [0.5, 0.6) is 0 Å². The zero-order valence-corrected chi connectivity index (χ0v) is 12.5. The first-order valence-electron chi connectivity index (χ1n) is 6.92. The molecule has 0 atom stereocenters. The minimum atomic E-state index is 0.0403. The minimum Gasteiger partial charge on any atom is -0.331 e. The maximum Gasteiger partial charge on any atom is 0.163 e. The summed E-state index contributed by atoms with van der Waals surface area (Å²) in [5.41, 5.74) is 3.06. The molecule has 0 saturated heterocycles. The van der Waals surface area contributed by atoms with Gasteiger partial charge in [-0.25, -0.2) is 0 Å². The zero-order valence-electron chi connectivity index (χ0n) is 11.8. The van der Waals surface area contributed by atoms with E-state index in [0.29, 0.717) is 10.7 Å². The van der Waals surface area contributed by atoms with Crippen molar-refractivity contribution in [2.45, 2.75) is 46.6 Å². The number of Topliss-reactive ketones (excluding diaryl/α,β-unsaturated/α-hetero) is 1. The number of unbranched alkanes of at least 4 members (excludes halogenated alkanes) is 1. The van der Waals surface area contributed by atoms with E-state index in [1.54, 1.807) is 6.92 Å². The summed E-state index contributed by atoms with van der Waals surface area (Å²) in [7, 11) is 0. The Morgan fingerprint density at radius 3 is 2.63 bits per heavy atom. The standard InChI is InChI=1S/C16H20ClNO/c1-4-6-10-18-15-12(5-2)8-7-9-13(15)14(11(3)19)16(18)17/h7-9H,4-6,10H2,1-3H3. The van der Waals surface area contributed by atoms with E-state index in [1.807, 2.05) is 12.1 Å². The molecule has 3 heteroatoms. The Morgan fingerprint density at radius 2 is 2.05 bits per heavy atom. The first kappa shape index (κ1) is 14.1. The topological polar surface area (TPSA) is 22.0 Å². The first-order chi connectivity index (χ1) is 9.11. The van der Waals surface area contributed by atoms with Gasteiger partial charge in [-0.15, -0.1) is 0 Å². The van der Waals surface area contributed by atoms with E-state index >= 15 is 0 Å². The van der Waals surface area contributed by atoms with Crippen LogP contribution in [0.2, 0.25) is 5.15 Å². The Labute approximate surface area is 119 Å². The largest absolute Gasteiger partial charge is 0.331 e. The van der Waals surface area contributed by atoms with Gasteiger partial charge in [-0.05, 0) is 25.3 Å². The third kappa shape index (κ3) is 2.42. The third-order valence-electron chi connectivity index (χ3n) is 3.57. The van der Waals surface area contributed by atoms with E-state index in [2.05, 4.69) is 24.5 Å². The van der Waals surface area contributed by atoms with Crippen LogP contribution in [0.15, 0.2) is 18.2 Å². The van der Waals surface area contributed by atoms with Crippen molar-refractivity contribution in [3.8, 4) is 0 Å². The highest BCUT2D eigenvalue weighted by Gasteiger charge is 2.19. The molecular formula is C16H20ClNO. The van der Waals surface area contributed by atoms with Gasteiger partial charge in [0.15, 0.2) is 5.78 Å². The predicted octanol–water partition coefficient (Wildman–Crippen LogP) is 4.86. The molecule has 0 spiro atoms. The molecular weight excluding hydrogens is 258 g/mol. The number of ketones is 1. The maximum absolute atomic E-state index is 11.9. The van der Waals surface area contributed by atoms with Gasteiger partial charge < -0.3 is 4.57 Å². The van der Waals surface area contributed by atoms with Gasteiger partial charge >= 0.3 is 0 Å². The number of benzene rings is 1. The van der Waals surface area contributed by atoms with Gasteiger partial charge in [0.1, 0.15) is 5.15 Å². The Balaban J connectivity index is 2.77. The number of rotatable bonds is 5. The lowest BCUT2D eigenvalue weighted by Gasteiger charge is -2.09. The van der Waals surface area contributed by atoms with Crippen LogP contribution in [0.3, 0.4) is 0 Å². The fourth-order valence-electron chi connectivity index (χ4n) is 2.60. The molecule has 19 heavy (non-hydrogen) atoms. The number of carbonyl (C=O) groups is 1. The number of hydrogen-bond donors (Lipinski definition) is 0. The number of aromatic nitrogens is 1. The summed E-state index contributed by atoms with van der Waals surface area (Å²) in [6, 6.07) is 6.12. The lowest BCUT2D eigenvalue weighted by Crippen LogP contribution is -2.00. The van der Waals surface area contributed by atoms with Gasteiger partial charge in [0.05, 0.1) is 11.1 Å². The Morgan fingerprint density at radius 1 is 1.32 bits per heavy atom. The van der Waals surface area contributed by atoms with Gasteiger partial charge in [0.25, 0.3) is 0 Å². The number of halogens is 1. The summed E-state index contributed by atoms with van der Waals surface area (Å²) in [6.07, 6.45) is 3.12. The lowest BCUT2D eigenvalue weighted by molar-refractivity contribution is 0.101. The van der Waals surface area contributed by atoms with Crippen molar-refractivity contribution in [2.24, 2.45) is 0 Å². The van der Waals surface area contributed by atoms with Crippen molar-refractivity contribution in [1.82, 2.24) is 4.57 Å². The number of aryl methyl sites for hydroxylation is 2. The fraction of sp³-hybridized carbons (Fsp3) is 0.438. The molecule has 0 aliphatic carbocycles. The molecule has 2 rings (SSSR count). The normalized spacial score (nSPS) is 11.2. The van der Waals surface area contributed by atoms with Crippen LogP contribution in [0.25, 0.3) is 10.9 Å². The quantitative estimate of drug-likeness (QED) is 0.716. The second-order valence-corrected chi connectivity index (χ2v) is 5.25. The number of hydrogen-bond acceptors (Lipinski definition) is 1. The van der Waals surface area contributed by atoms with Gasteiger partial charge in [-0.3, -0.25) is 4.79 Å². The molecule has 1 aromatic heterocycles. The number of nitrogens with zero attached hydrogens (tertiary/aromatic N) is 1. The monoisotopic (exact) mass is 277 g/mol. The van der Waals surface area contributed by atoms with Crippen molar-refractivity contribution in [2.75, 3.05) is 0 Å². The van der Waals surface area contributed by atoms with Crippen LogP contribution in [0.4, 0.5) is 0 Å². The molecule has 1 heterocycles. The Hall–Kier alpha value is -1.28. The summed E-state index contributed by atoms with van der Waals surface area (Å²) in [5, 5.41) is 1.59. The van der Waals surface area contributed by atoms with E-state index in [0.717, 1.165) is 36.7 Å². The van der Waals surface area contributed by atoms with Gasteiger partial charge in [0, 0.05) is 11.9 Å². The maximum atomic E-state index is 11.9. The smallest absolute Gasteiger partial charge is 0.163 e. The molecule has 0 N–H and O–H groups in total. The van der Waals surface area contributed by atoms with Crippen LogP contribution >= 0.6 is 11.6 Å². The highest BCUT2D eigenvalue weighted by atomic mass is 35.5. The molecule has 0 fully saturated rings. The van der Waals surface area contributed by atoms with Crippen LogP contribution in [-0.4, -0.2) is 10.4 Å². The average molecular weight is 278 g/mol. The van der Waals surface area contributed by atoms with Gasteiger partial charge in [0.2, 0.25) is 0 Å². The summed E-state index contributed by atoms with van der Waals surface area (Å²) in [5.74, 6) is 0.0403. The van der Waals surface area contributed by atoms with Gasteiger partial charge in [-0.1, -0.05) is 50.1 Å². The molecule has 0 amide bonds. The van der Waals surface area contributed by atoms with Crippen molar-refractivity contribution in [3.05, 3.63) is 34.5 Å². The number of para-hydroxylation sites is 1. The summed E-state index contributed by atoms with van der Waals surface area (Å²) < 4.78 is 2.11. The molecule has 0 radical (unpaired) electrons. The molecule has 1 aromatic carbocycles. The second kappa shape index (κ2) is 5.79. The first-order valence-corrected chi connectivity index (χ1v) is 7.30. The molecule has 0 aliphatic heterocycles. The van der Waals surface area contributed by atoms with Crippen LogP contribution in [0, 0.1) is 0 Å². The highest BCUT2D eigenvalue weighted by Crippen LogP contribution is 2.33. The van der Waals surface area contributed by atoms with Crippen molar-refractivity contribution in [1.29, 1.82) is 0 Å². The Bertz CT molecular complexity index is 613. The molecule has 2 nitrogen and oxygen atoms in total. The van der Waals surface area contributed by atoms with Crippen molar-refractivity contribution >= 4 is 28.3 Å². The van der Waals surface area contributed by atoms with E-state index in [4.69, 9.17) is 11.6 Å². The highest BCUT2D eigenvalue weighted by molar-refractivity contribution is 6.35. The zero-order chi connectivity index (χ0) is 14.0. The molecule has 2 aromatic rings. The van der Waals surface area contributed by atoms with E-state index in [9.17, 15) is 4.79 Å². The van der Waals surface area contributed by atoms with Crippen LogP contribution in [0.1, 0.15) is 49.5 Å². The fourth-order valence-corrected chi connectivity index (χ4v) is 3.01. The summed E-state index contributed by atoms with van der Waals surface area (Å²) >= 11 is 6.45. The van der Waals surface area contributed by atoms with Crippen molar-refractivity contribution < 1.29 is 4.79 Å². The number of fused-ring (bicyclic) bond motifs is 1. The van der Waals surface area contributed by atoms with E-state index in [-0.39, 0.29) is 5.78 Å². The van der Waals surface area contributed by atoms with E-state index < -0.39 is 0 Å². The predicted molar refractivity (Wildman–Crippen MR) is 81.2 cm³/mol. The average Bonchev–Trinajstić information content (AvgIpc) is 2.68. The van der Waals surface area contributed by atoms with Crippen LogP contribution < -0.4 is 0 Å². The molecule has 0 aliphatic rings. The molecule has 102 valence electrons. The third-order valence-corrected chi connectivity index (χ3v) is 3.96. The van der Waals surface area contributed by atoms with E-state index in [1.165, 1.54) is 5.56 Å². The molecule has 0 unspecified atom stereocenters. The Kier molecular flexibility index (Phi) is 4.31. The molecule has 0 saturated carbocycles. The summed E-state index contributed by atoms with van der Waals surface area (Å²) in [6.45, 7) is 6.75. The van der Waals surface area contributed by atoms with Crippen molar-refractivity contribution in [3.63, 3.8) is 0 Å². The van der Waals surface area contributed by atoms with Crippen LogP contribution in [-0.2, 0) is 13.0 Å². The number of carbonyl (C=O) groups excluding carboxylic acids is 1. The second-order valence-electron chi connectivity index (χ2n) is 4.89. The summed E-state index contributed by atoms with van der Waals surface area (Å²) in [4.78, 5) is 11.9.